The van der Waals surface area contributed by atoms with E-state index in [0.29, 0.717) is 0 Å². The zero-order valence-electron chi connectivity index (χ0n) is 14.5. The van der Waals surface area contributed by atoms with Crippen molar-refractivity contribution in [3.8, 4) is 0 Å². The van der Waals surface area contributed by atoms with Crippen LogP contribution < -0.4 is 4.00 Å². The summed E-state index contributed by atoms with van der Waals surface area (Å²) in [5.41, 5.74) is 0. The van der Waals surface area contributed by atoms with Crippen molar-refractivity contribution < 1.29 is 11.0 Å². The number of halogens is 2. The van der Waals surface area contributed by atoms with E-state index in [-0.39, 0.29) is 24.8 Å². The number of allylic oxidation sites excluding steroid dienone is 4. The zero-order chi connectivity index (χ0) is 14.7. The van der Waals surface area contributed by atoms with Gasteiger partial charge in [-0.2, -0.15) is 0 Å². The van der Waals surface area contributed by atoms with E-state index in [1.807, 2.05) is 0 Å². The minimum absolute atomic E-state index is 0. The van der Waals surface area contributed by atoms with Gasteiger partial charge in [-0.3, -0.25) is 0 Å². The molecule has 0 radical (unpaired) electrons. The molecule has 0 bridgehead atoms. The van der Waals surface area contributed by atoms with Crippen LogP contribution in [-0.2, 0) is 11.0 Å². The van der Waals surface area contributed by atoms with Gasteiger partial charge in [0.1, 0.15) is 0 Å². The van der Waals surface area contributed by atoms with Crippen molar-refractivity contribution in [2.45, 2.75) is 46.4 Å². The Bertz CT molecular complexity index is 758. The third-order valence-electron chi connectivity index (χ3n) is 7.91. The van der Waals surface area contributed by atoms with Crippen molar-refractivity contribution >= 4 is 32.6 Å². The third kappa shape index (κ3) is 2.05. The van der Waals surface area contributed by atoms with E-state index in [1.54, 1.807) is 3.88 Å². The SMILES string of the molecule is C[C](C)=[Ti]([CH3])([CH3])([CH3])([CH3])([CH3])([C]1=CC=CC1)[c]1ccc[nH]1.Cl.Cl. The number of rotatable bonds is 2. The van der Waals surface area contributed by atoms with Crippen LogP contribution in [0.25, 0.3) is 0 Å². The molecule has 2 rings (SSSR count). The first-order valence-electron chi connectivity index (χ1n) is 7.46. The number of hydrogen-bond acceptors (Lipinski definition) is 0. The summed E-state index contributed by atoms with van der Waals surface area (Å²) in [4.78, 5) is 3.58. The summed E-state index contributed by atoms with van der Waals surface area (Å²) in [7, 11) is -4.60. The summed E-state index contributed by atoms with van der Waals surface area (Å²) in [5.74, 6) is 0. The van der Waals surface area contributed by atoms with Gasteiger partial charge >= 0.3 is 111 Å². The van der Waals surface area contributed by atoms with E-state index >= 15 is 0 Å². The molecule has 0 spiro atoms. The van der Waals surface area contributed by atoms with Crippen molar-refractivity contribution in [2.75, 3.05) is 0 Å². The minimum Gasteiger partial charge on any atom is -0.147 e. The van der Waals surface area contributed by atoms with Crippen molar-refractivity contribution in [1.82, 2.24) is 4.98 Å². The molecule has 0 unspecified atom stereocenters. The fraction of sp³-hybridized carbons (Fsp3) is 0.471. The van der Waals surface area contributed by atoms with Gasteiger partial charge in [0.2, 0.25) is 0 Å². The van der Waals surface area contributed by atoms with Crippen molar-refractivity contribution in [3.63, 3.8) is 0 Å². The molecule has 0 fully saturated rings. The van der Waals surface area contributed by atoms with Crippen LogP contribution in [0.2, 0.25) is 26.1 Å². The molecule has 0 amide bonds. The zero-order valence-corrected chi connectivity index (χ0v) is 17.7. The van der Waals surface area contributed by atoms with Gasteiger partial charge in [-0.15, -0.1) is 24.8 Å². The van der Waals surface area contributed by atoms with Gasteiger partial charge in [0, 0.05) is 0 Å². The summed E-state index contributed by atoms with van der Waals surface area (Å²) in [6, 6.07) is 4.42. The van der Waals surface area contributed by atoms with Crippen LogP contribution in [0, 0.1) is 0 Å². The molecular formula is C17H32Cl2NTi. The van der Waals surface area contributed by atoms with Crippen LogP contribution in [-0.4, -0.2) is 8.80 Å². The molecule has 0 atom stereocenters. The van der Waals surface area contributed by atoms with Crippen LogP contribution in [0.4, 0.5) is 0 Å². The van der Waals surface area contributed by atoms with E-state index in [2.05, 4.69) is 81.5 Å². The van der Waals surface area contributed by atoms with Crippen molar-refractivity contribution in [3.05, 3.63) is 40.4 Å². The van der Waals surface area contributed by atoms with E-state index in [0.717, 1.165) is 6.42 Å². The molecule has 0 saturated heterocycles. The number of H-pyrrole nitrogens is 1. The smallest absolute Gasteiger partial charge is 0.147 e. The monoisotopic (exact) mass is 368 g/mol. The maximum atomic E-state index is 3.58. The van der Waals surface area contributed by atoms with E-state index in [4.69, 9.17) is 0 Å². The van der Waals surface area contributed by atoms with Gasteiger partial charge in [0.15, 0.2) is 0 Å². The molecule has 1 aromatic rings. The Morgan fingerprint density at radius 1 is 1.05 bits per heavy atom. The molecule has 1 N–H and O–H groups in total. The average molecular weight is 369 g/mol. The Kier molecular flexibility index (Phi) is 3.52. The Morgan fingerprint density at radius 3 is 1.95 bits per heavy atom. The molecule has 0 aromatic carbocycles. The molecule has 0 saturated carbocycles. The molecule has 1 heterocycles. The largest absolute Gasteiger partial charge is 0.147 e. The second kappa shape index (κ2) is 3.54. The summed E-state index contributed by atoms with van der Waals surface area (Å²) in [6.45, 7) is 4.64. The van der Waals surface area contributed by atoms with Crippen LogP contribution in [0.15, 0.2) is 40.4 Å². The van der Waals surface area contributed by atoms with Gasteiger partial charge in [-0.25, -0.2) is 0 Å². The Labute approximate surface area is 135 Å². The normalized spacial score (nSPS) is 21.6. The average Bonchev–Trinajstić information content (AvgIpc) is 2.92. The third-order valence-corrected chi connectivity index (χ3v) is 29.4. The summed E-state index contributed by atoms with van der Waals surface area (Å²) < 4.78 is 4.50. The molecule has 1 aliphatic carbocycles. The van der Waals surface area contributed by atoms with Crippen LogP contribution in [0.3, 0.4) is 0 Å². The van der Waals surface area contributed by atoms with Crippen LogP contribution >= 0.6 is 24.8 Å². The van der Waals surface area contributed by atoms with Gasteiger partial charge in [0.25, 0.3) is 0 Å². The fourth-order valence-electron chi connectivity index (χ4n) is 3.59. The second-order valence-electron chi connectivity index (χ2n) is 12.5. The molecule has 0 aliphatic heterocycles. The van der Waals surface area contributed by atoms with Crippen LogP contribution in [0.1, 0.15) is 20.3 Å². The van der Waals surface area contributed by atoms with Gasteiger partial charge in [0.05, 0.1) is 0 Å². The van der Waals surface area contributed by atoms with E-state index in [1.165, 1.54) is 7.81 Å². The maximum absolute atomic E-state index is 4.60. The predicted octanol–water partition coefficient (Wildman–Crippen LogP) is 6.08. The predicted molar refractivity (Wildman–Crippen MR) is 102 cm³/mol. The molecule has 1 aliphatic rings. The number of aromatic amines is 1. The molecule has 1 nitrogen and oxygen atoms in total. The van der Waals surface area contributed by atoms with Crippen molar-refractivity contribution in [1.29, 1.82) is 0 Å². The first-order chi connectivity index (χ1) is 8.17. The Hall–Kier alpha value is -0.0757. The molecular weight excluding hydrogens is 337 g/mol. The summed E-state index contributed by atoms with van der Waals surface area (Å²) >= 11 is 0. The fourth-order valence-corrected chi connectivity index (χ4v) is 13.0. The van der Waals surface area contributed by atoms with Gasteiger partial charge < -0.3 is 0 Å². The van der Waals surface area contributed by atoms with Gasteiger partial charge in [-0.05, 0) is 0 Å². The Morgan fingerprint density at radius 2 is 1.62 bits per heavy atom. The topological polar surface area (TPSA) is 15.8 Å². The minimum atomic E-state index is -4.60. The molecule has 4 heteroatoms. The first-order valence-corrected chi connectivity index (χ1v) is 17.6. The number of aromatic nitrogens is 1. The standard InChI is InChI=1S/C5H5.C4H4N.C3H6.5CH3.2ClH.Ti/c2*1-2-4-5-3-1;1-3-2;;;;;;;;/h1-3H,4H2;1-3,5H;1-2H3;5*1H3;2*1H;. The first kappa shape index (κ1) is 20.9. The summed E-state index contributed by atoms with van der Waals surface area (Å²) in [5, 5.41) is 12.7. The second-order valence-corrected chi connectivity index (χ2v) is 44.4. The van der Waals surface area contributed by atoms with E-state index < -0.39 is 11.0 Å². The number of hydrogen-bond donors (Lipinski definition) is 1. The van der Waals surface area contributed by atoms with Crippen LogP contribution in [0.5, 0.6) is 0 Å². The maximum Gasteiger partial charge on any atom is -0.147 e. The van der Waals surface area contributed by atoms with Crippen molar-refractivity contribution in [2.24, 2.45) is 0 Å². The van der Waals surface area contributed by atoms with E-state index in [9.17, 15) is 0 Å². The van der Waals surface area contributed by atoms with Gasteiger partial charge in [-0.1, -0.05) is 0 Å². The quantitative estimate of drug-likeness (QED) is 0.609. The molecule has 21 heavy (non-hydrogen) atoms. The Balaban J connectivity index is 0.00000200. The molecule has 1 aromatic heterocycles. The molecule has 123 valence electrons. The number of nitrogens with one attached hydrogen (secondary N) is 1. The summed E-state index contributed by atoms with van der Waals surface area (Å²) in [6.07, 6.45) is 9.97.